The van der Waals surface area contributed by atoms with Crippen molar-refractivity contribution in [1.82, 2.24) is 0 Å². The number of fused-ring (bicyclic) bond motifs is 5. The van der Waals surface area contributed by atoms with Crippen LogP contribution in [0.1, 0.15) is 94.4 Å². The molecule has 4 aliphatic rings. The second kappa shape index (κ2) is 8.10. The highest BCUT2D eigenvalue weighted by atomic mass is 16.3. The van der Waals surface area contributed by atoms with Gasteiger partial charge in [0, 0.05) is 22.7 Å². The fourth-order valence-corrected chi connectivity index (χ4v) is 9.20. The first-order chi connectivity index (χ1) is 16.3. The normalized spacial score (nSPS) is 43.6. The van der Waals surface area contributed by atoms with Gasteiger partial charge in [0.25, 0.3) is 0 Å². The number of rotatable bonds is 3. The number of carbonyl (C=O) groups excluding carboxylic acids is 2. The van der Waals surface area contributed by atoms with E-state index in [1.165, 1.54) is 0 Å². The van der Waals surface area contributed by atoms with Crippen molar-refractivity contribution in [2.75, 3.05) is 0 Å². The van der Waals surface area contributed by atoms with Gasteiger partial charge in [-0.05, 0) is 67.6 Å². The fraction of sp³-hybridized carbons (Fsp3) is 0.806. The van der Waals surface area contributed by atoms with E-state index < -0.39 is 45.4 Å². The summed E-state index contributed by atoms with van der Waals surface area (Å²) >= 11 is 0. The first kappa shape index (κ1) is 27.7. The third-order valence-electron chi connectivity index (χ3n) is 11.4. The van der Waals surface area contributed by atoms with Crippen molar-refractivity contribution in [3.63, 3.8) is 0 Å². The minimum Gasteiger partial charge on any atom is -0.393 e. The number of aliphatic hydroxyl groups is 3. The van der Waals surface area contributed by atoms with Crippen molar-refractivity contribution < 1.29 is 24.9 Å². The van der Waals surface area contributed by atoms with Gasteiger partial charge in [-0.15, -0.1) is 0 Å². The lowest BCUT2D eigenvalue weighted by Gasteiger charge is -2.67. The van der Waals surface area contributed by atoms with E-state index in [4.69, 9.17) is 0 Å². The highest BCUT2D eigenvalue weighted by molar-refractivity contribution is 5.94. The number of Topliss-reactive ketones (excluding diaryl/α,β-unsaturated/α-hetero) is 2. The van der Waals surface area contributed by atoms with E-state index in [0.717, 1.165) is 5.57 Å². The molecule has 0 heterocycles. The number of ketones is 2. The molecule has 0 aromatic heterocycles. The first-order valence-electron chi connectivity index (χ1n) is 13.8. The Morgan fingerprint density at radius 2 is 1.64 bits per heavy atom. The predicted octanol–water partition coefficient (Wildman–Crippen LogP) is 5.02. The van der Waals surface area contributed by atoms with Crippen LogP contribution in [0.25, 0.3) is 0 Å². The van der Waals surface area contributed by atoms with E-state index in [1.807, 2.05) is 26.0 Å². The van der Waals surface area contributed by atoms with Crippen LogP contribution in [0.3, 0.4) is 0 Å². The van der Waals surface area contributed by atoms with Gasteiger partial charge in [-0.1, -0.05) is 72.3 Å². The van der Waals surface area contributed by atoms with Gasteiger partial charge in [-0.25, -0.2) is 0 Å². The Hall–Kier alpha value is -1.30. The SMILES string of the molecule is CC(C)(C)/C=C/C(O)C(C)(C)C12CC(=O)C3(C)C4CC(O)C(=O)C(C)(C)C4=CCC3[C@]1(C)C[C@@H](O)C2. The van der Waals surface area contributed by atoms with Gasteiger partial charge in [-0.3, -0.25) is 9.59 Å². The fourth-order valence-electron chi connectivity index (χ4n) is 9.20. The third kappa shape index (κ3) is 3.51. The molecule has 3 N–H and O–H groups in total. The summed E-state index contributed by atoms with van der Waals surface area (Å²) in [5.41, 5.74) is -2.23. The number of hydrogen-bond donors (Lipinski definition) is 3. The molecule has 36 heavy (non-hydrogen) atoms. The second-order valence-corrected chi connectivity index (χ2v) is 15.1. The maximum atomic E-state index is 14.4. The standard InChI is InChI=1S/C31H48O5/c1-26(2,3)13-12-23(34)28(6,7)31-16-18(32)15-29(31,8)22-11-10-19-20(30(22,9)24(35)17-31)14-21(33)25(36)27(19,4)5/h10,12-13,18,20-23,32-34H,11,14-17H2,1-9H3/b13-12+/t18-,20?,21?,22?,23?,29+,30?,31?/m1/s1. The molecule has 0 amide bonds. The second-order valence-electron chi connectivity index (χ2n) is 15.1. The van der Waals surface area contributed by atoms with Gasteiger partial charge in [0.15, 0.2) is 5.78 Å². The van der Waals surface area contributed by atoms with Crippen molar-refractivity contribution >= 4 is 11.6 Å². The number of carbonyl (C=O) groups is 2. The van der Waals surface area contributed by atoms with Crippen LogP contribution < -0.4 is 0 Å². The lowest BCUT2D eigenvalue weighted by Crippen LogP contribution is -2.67. The number of hydrogen-bond acceptors (Lipinski definition) is 5. The Morgan fingerprint density at radius 3 is 2.22 bits per heavy atom. The Morgan fingerprint density at radius 1 is 1.03 bits per heavy atom. The molecule has 5 heteroatoms. The molecule has 0 saturated heterocycles. The molecular formula is C31H48O5. The maximum absolute atomic E-state index is 14.4. The zero-order valence-corrected chi connectivity index (χ0v) is 23.8. The van der Waals surface area contributed by atoms with E-state index >= 15 is 0 Å². The summed E-state index contributed by atoms with van der Waals surface area (Å²) < 4.78 is 0. The average Bonchev–Trinajstić information content (AvgIpc) is 3.02. The molecule has 3 saturated carbocycles. The van der Waals surface area contributed by atoms with Gasteiger partial charge in [0.1, 0.15) is 11.9 Å². The lowest BCUT2D eigenvalue weighted by molar-refractivity contribution is -0.197. The zero-order chi connectivity index (χ0) is 27.3. The summed E-state index contributed by atoms with van der Waals surface area (Å²) in [5.74, 6) is -0.270. The van der Waals surface area contributed by atoms with E-state index in [2.05, 4.69) is 54.5 Å². The van der Waals surface area contributed by atoms with E-state index in [1.54, 1.807) is 0 Å². The molecule has 0 aliphatic heterocycles. The summed E-state index contributed by atoms with van der Waals surface area (Å²) in [6, 6.07) is 0. The number of aliphatic hydroxyl groups excluding tert-OH is 3. The highest BCUT2D eigenvalue weighted by Gasteiger charge is 2.74. The predicted molar refractivity (Wildman–Crippen MR) is 141 cm³/mol. The van der Waals surface area contributed by atoms with Gasteiger partial charge in [-0.2, -0.15) is 0 Å². The van der Waals surface area contributed by atoms with Crippen molar-refractivity contribution in [2.45, 2.75) is 113 Å². The van der Waals surface area contributed by atoms with Gasteiger partial charge in [0.2, 0.25) is 0 Å². The largest absolute Gasteiger partial charge is 0.393 e. The monoisotopic (exact) mass is 500 g/mol. The van der Waals surface area contributed by atoms with Crippen molar-refractivity contribution in [3.05, 3.63) is 23.8 Å². The summed E-state index contributed by atoms with van der Waals surface area (Å²) in [6.07, 6.45) is 6.01. The maximum Gasteiger partial charge on any atom is 0.170 e. The third-order valence-corrected chi connectivity index (χ3v) is 11.4. The molecule has 0 radical (unpaired) electrons. The summed E-state index contributed by atoms with van der Waals surface area (Å²) in [6.45, 7) is 18.4. The minimum absolute atomic E-state index is 0.0496. The first-order valence-corrected chi connectivity index (χ1v) is 13.8. The minimum atomic E-state index is -1.07. The molecule has 4 aliphatic carbocycles. The van der Waals surface area contributed by atoms with Crippen LogP contribution in [0.2, 0.25) is 0 Å². The lowest BCUT2D eigenvalue weighted by atomic mass is 9.35. The zero-order valence-electron chi connectivity index (χ0n) is 23.8. The molecule has 202 valence electrons. The van der Waals surface area contributed by atoms with Gasteiger partial charge >= 0.3 is 0 Å². The van der Waals surface area contributed by atoms with Crippen LogP contribution >= 0.6 is 0 Å². The van der Waals surface area contributed by atoms with Crippen molar-refractivity contribution in [2.24, 2.45) is 44.3 Å². The Bertz CT molecular complexity index is 1010. The quantitative estimate of drug-likeness (QED) is 0.473. The smallest absolute Gasteiger partial charge is 0.170 e. The van der Waals surface area contributed by atoms with E-state index in [9.17, 15) is 24.9 Å². The molecule has 0 bridgehead atoms. The molecule has 0 aromatic carbocycles. The molecule has 8 atom stereocenters. The Labute approximate surface area is 217 Å². The molecule has 0 spiro atoms. The molecule has 4 rings (SSSR count). The molecule has 3 fully saturated rings. The van der Waals surface area contributed by atoms with Crippen LogP contribution in [0.5, 0.6) is 0 Å². The highest BCUT2D eigenvalue weighted by Crippen LogP contribution is 2.76. The van der Waals surface area contributed by atoms with Crippen molar-refractivity contribution in [3.8, 4) is 0 Å². The Balaban J connectivity index is 1.85. The van der Waals surface area contributed by atoms with Crippen molar-refractivity contribution in [1.29, 1.82) is 0 Å². The summed E-state index contributed by atoms with van der Waals surface area (Å²) in [7, 11) is 0. The number of allylic oxidation sites excluding steroid dienone is 3. The van der Waals surface area contributed by atoms with Crippen LogP contribution in [-0.2, 0) is 9.59 Å². The van der Waals surface area contributed by atoms with E-state index in [-0.39, 0.29) is 41.7 Å². The van der Waals surface area contributed by atoms with Crippen LogP contribution in [0, 0.1) is 44.3 Å². The molecule has 0 aromatic rings. The summed E-state index contributed by atoms with van der Waals surface area (Å²) in [5, 5.41) is 33.4. The van der Waals surface area contributed by atoms with Crippen LogP contribution in [0.15, 0.2) is 23.8 Å². The van der Waals surface area contributed by atoms with Crippen LogP contribution in [0.4, 0.5) is 0 Å². The van der Waals surface area contributed by atoms with Gasteiger partial charge < -0.3 is 15.3 Å². The molecular weight excluding hydrogens is 452 g/mol. The summed E-state index contributed by atoms with van der Waals surface area (Å²) in [4.78, 5) is 27.3. The van der Waals surface area contributed by atoms with Gasteiger partial charge in [0.05, 0.1) is 12.2 Å². The topological polar surface area (TPSA) is 94.8 Å². The van der Waals surface area contributed by atoms with E-state index in [0.29, 0.717) is 19.3 Å². The molecule has 6 unspecified atom stereocenters. The molecule has 5 nitrogen and oxygen atoms in total. The Kier molecular flexibility index (Phi) is 6.24. The van der Waals surface area contributed by atoms with Crippen LogP contribution in [-0.4, -0.2) is 45.2 Å². The average molecular weight is 501 g/mol.